The van der Waals surface area contributed by atoms with Gasteiger partial charge in [0.05, 0.1) is 5.54 Å². The molecule has 1 saturated carbocycles. The number of benzene rings is 3. The van der Waals surface area contributed by atoms with E-state index in [-0.39, 0.29) is 29.4 Å². The maximum absolute atomic E-state index is 13.4. The van der Waals surface area contributed by atoms with Gasteiger partial charge in [-0.15, -0.1) is 31.4 Å². The zero-order valence-corrected chi connectivity index (χ0v) is 21.6. The highest BCUT2D eigenvalue weighted by Gasteiger charge is 2.39. The van der Waals surface area contributed by atoms with Crippen LogP contribution in [0, 0.1) is 0 Å². The van der Waals surface area contributed by atoms with Crippen LogP contribution < -0.4 is 20.1 Å². The number of alkyl halides is 6. The lowest BCUT2D eigenvalue weighted by molar-refractivity contribution is -0.275. The maximum atomic E-state index is 13.4. The summed E-state index contributed by atoms with van der Waals surface area (Å²) in [5.74, 6) is -0.432. The van der Waals surface area contributed by atoms with E-state index >= 15 is 0 Å². The van der Waals surface area contributed by atoms with Crippen molar-refractivity contribution in [1.82, 2.24) is 20.5 Å². The van der Waals surface area contributed by atoms with Crippen LogP contribution in [-0.2, 0) is 12.0 Å². The molecule has 1 aromatic heterocycles. The summed E-state index contributed by atoms with van der Waals surface area (Å²) in [6.45, 7) is 0. The number of urea groups is 1. The number of carbonyl (C=O) groups is 1. The Kier molecular flexibility index (Phi) is 7.71. The zero-order chi connectivity index (χ0) is 30.0. The molecule has 14 heteroatoms. The van der Waals surface area contributed by atoms with Crippen LogP contribution >= 0.6 is 0 Å². The maximum Gasteiger partial charge on any atom is 0.573 e. The van der Waals surface area contributed by atoms with Gasteiger partial charge in [-0.2, -0.15) is 4.98 Å². The summed E-state index contributed by atoms with van der Waals surface area (Å²) in [6.07, 6.45) is -8.28. The molecule has 4 aromatic rings. The van der Waals surface area contributed by atoms with Gasteiger partial charge in [-0.3, -0.25) is 10.4 Å². The number of aromatic amines is 1. The van der Waals surface area contributed by atoms with Crippen molar-refractivity contribution in [3.8, 4) is 11.5 Å². The molecule has 0 unspecified atom stereocenters. The quantitative estimate of drug-likeness (QED) is 0.186. The summed E-state index contributed by atoms with van der Waals surface area (Å²) < 4.78 is 87.0. The Labute approximate surface area is 235 Å². The molecule has 0 atom stereocenters. The summed E-state index contributed by atoms with van der Waals surface area (Å²) in [4.78, 5) is 17.7. The average molecular weight is 592 g/mol. The van der Waals surface area contributed by atoms with E-state index < -0.39 is 35.8 Å². The second-order valence-electron chi connectivity index (χ2n) is 9.62. The fourth-order valence-electron chi connectivity index (χ4n) is 4.57. The number of rotatable bonds is 9. The van der Waals surface area contributed by atoms with E-state index in [9.17, 15) is 31.1 Å². The van der Waals surface area contributed by atoms with Gasteiger partial charge in [-0.05, 0) is 53.8 Å². The molecule has 0 bridgehead atoms. The van der Waals surface area contributed by atoms with Crippen molar-refractivity contribution in [2.75, 3.05) is 5.32 Å². The van der Waals surface area contributed by atoms with Crippen molar-refractivity contribution >= 4 is 12.0 Å². The first-order valence-electron chi connectivity index (χ1n) is 12.7. The van der Waals surface area contributed by atoms with Crippen molar-refractivity contribution in [1.29, 1.82) is 0 Å². The van der Waals surface area contributed by atoms with Crippen molar-refractivity contribution in [2.45, 2.75) is 43.4 Å². The molecule has 0 spiro atoms. The first-order chi connectivity index (χ1) is 19.9. The fourth-order valence-corrected chi connectivity index (χ4v) is 4.57. The minimum Gasteiger partial charge on any atom is -0.406 e. The van der Waals surface area contributed by atoms with Crippen molar-refractivity contribution in [3.05, 3.63) is 101 Å². The highest BCUT2D eigenvalue weighted by molar-refractivity contribution is 5.88. The molecule has 8 nitrogen and oxygen atoms in total. The van der Waals surface area contributed by atoms with E-state index in [2.05, 4.69) is 35.3 Å². The van der Waals surface area contributed by atoms with Crippen LogP contribution in [0.3, 0.4) is 0 Å². The third-order valence-corrected chi connectivity index (χ3v) is 6.45. The summed E-state index contributed by atoms with van der Waals surface area (Å²) in [5.41, 5.74) is -0.963. The molecule has 42 heavy (non-hydrogen) atoms. The monoisotopic (exact) mass is 591 g/mol. The Morgan fingerprint density at radius 3 is 1.93 bits per heavy atom. The molecule has 0 aliphatic heterocycles. The van der Waals surface area contributed by atoms with Crippen molar-refractivity contribution in [3.63, 3.8) is 0 Å². The first kappa shape index (κ1) is 28.8. The number of aromatic nitrogens is 3. The molecular weight excluding hydrogens is 568 g/mol. The topological polar surface area (TPSA) is 101 Å². The van der Waals surface area contributed by atoms with Crippen LogP contribution in [-0.4, -0.2) is 33.9 Å². The molecule has 5 rings (SSSR count). The molecule has 3 N–H and O–H groups in total. The van der Waals surface area contributed by atoms with Gasteiger partial charge < -0.3 is 14.8 Å². The third kappa shape index (κ3) is 7.30. The minimum atomic E-state index is -5.02. The summed E-state index contributed by atoms with van der Waals surface area (Å²) in [7, 11) is 0. The molecular formula is C28H23F6N5O3. The van der Waals surface area contributed by atoms with Crippen LogP contribution in [0.15, 0.2) is 78.9 Å². The normalized spacial score (nSPS) is 13.9. The molecule has 2 amide bonds. The summed E-state index contributed by atoms with van der Waals surface area (Å²) in [5, 5.41) is 12.0. The van der Waals surface area contributed by atoms with Crippen LogP contribution in [0.4, 0.5) is 37.1 Å². The first-order valence-corrected chi connectivity index (χ1v) is 12.7. The van der Waals surface area contributed by atoms with Gasteiger partial charge in [0.25, 0.3) is 0 Å². The van der Waals surface area contributed by atoms with Crippen LogP contribution in [0.2, 0.25) is 0 Å². The molecule has 1 aliphatic rings. The number of H-pyrrole nitrogens is 1. The average Bonchev–Trinajstić information content (AvgIpc) is 3.66. The molecule has 3 aromatic carbocycles. The number of halogens is 6. The number of hydrogen-bond donors (Lipinski definition) is 3. The van der Waals surface area contributed by atoms with Crippen LogP contribution in [0.1, 0.15) is 41.3 Å². The van der Waals surface area contributed by atoms with Gasteiger partial charge in [-0.25, -0.2) is 4.79 Å². The van der Waals surface area contributed by atoms with E-state index in [1.165, 1.54) is 24.3 Å². The third-order valence-electron chi connectivity index (χ3n) is 6.45. The highest BCUT2D eigenvalue weighted by atomic mass is 19.4. The highest BCUT2D eigenvalue weighted by Crippen LogP contribution is 2.39. The molecule has 1 heterocycles. The SMILES string of the molecule is O=C(Nc1n[nH]c(C2CC2)n1)NC(Cc1ccccc1)(c1cccc(OC(F)(F)F)c1)c1cccc(OC(F)(F)F)c1. The lowest BCUT2D eigenvalue weighted by atomic mass is 9.77. The Morgan fingerprint density at radius 1 is 0.833 bits per heavy atom. The zero-order valence-electron chi connectivity index (χ0n) is 21.6. The number of anilines is 1. The number of ether oxygens (including phenoxy) is 2. The molecule has 0 saturated heterocycles. The Hall–Kier alpha value is -4.75. The Bertz CT molecular complexity index is 1480. The lowest BCUT2D eigenvalue weighted by Gasteiger charge is -2.36. The van der Waals surface area contributed by atoms with Gasteiger partial charge in [0, 0.05) is 12.3 Å². The van der Waals surface area contributed by atoms with Gasteiger partial charge in [-0.1, -0.05) is 54.6 Å². The van der Waals surface area contributed by atoms with E-state index in [1.807, 2.05) is 0 Å². The van der Waals surface area contributed by atoms with E-state index in [4.69, 9.17) is 0 Å². The van der Waals surface area contributed by atoms with Crippen LogP contribution in [0.25, 0.3) is 0 Å². The molecule has 1 fully saturated rings. The van der Waals surface area contributed by atoms with Gasteiger partial charge in [0.15, 0.2) is 0 Å². The van der Waals surface area contributed by atoms with Crippen molar-refractivity contribution in [2.24, 2.45) is 0 Å². The molecule has 0 radical (unpaired) electrons. The van der Waals surface area contributed by atoms with Crippen LogP contribution in [0.5, 0.6) is 11.5 Å². The van der Waals surface area contributed by atoms with E-state index in [1.54, 1.807) is 30.3 Å². The number of nitrogens with one attached hydrogen (secondary N) is 3. The summed E-state index contributed by atoms with van der Waals surface area (Å²) >= 11 is 0. The predicted molar refractivity (Wildman–Crippen MR) is 138 cm³/mol. The number of hydrogen-bond acceptors (Lipinski definition) is 5. The molecule has 220 valence electrons. The number of amides is 2. The second-order valence-corrected chi connectivity index (χ2v) is 9.62. The van der Waals surface area contributed by atoms with Gasteiger partial charge in [0.2, 0.25) is 5.95 Å². The van der Waals surface area contributed by atoms with Gasteiger partial charge >= 0.3 is 18.8 Å². The lowest BCUT2D eigenvalue weighted by Crippen LogP contribution is -2.50. The predicted octanol–water partition coefficient (Wildman–Crippen LogP) is 6.79. The standard InChI is InChI=1S/C28H23F6N5O3/c29-27(30,31)41-21-10-4-8-19(14-21)26(16-17-6-2-1-3-7-17,20-9-5-11-22(15-20)42-28(32,33)34)37-25(40)36-24-35-23(38-39-24)18-12-13-18/h1-11,14-15,18H,12-13,16H2,(H3,35,36,37,38,39,40). The second kappa shape index (κ2) is 11.3. The van der Waals surface area contributed by atoms with Gasteiger partial charge in [0.1, 0.15) is 17.3 Å². The summed E-state index contributed by atoms with van der Waals surface area (Å²) in [6, 6.07) is 17.4. The Morgan fingerprint density at radius 2 is 1.40 bits per heavy atom. The van der Waals surface area contributed by atoms with Crippen molar-refractivity contribution < 1.29 is 40.6 Å². The van der Waals surface area contributed by atoms with E-state index in [0.717, 1.165) is 37.1 Å². The number of carbonyl (C=O) groups excluding carboxylic acids is 1. The number of nitrogens with zero attached hydrogens (tertiary/aromatic N) is 2. The largest absolute Gasteiger partial charge is 0.573 e. The minimum absolute atomic E-state index is 0.0497. The van der Waals surface area contributed by atoms with E-state index in [0.29, 0.717) is 11.4 Å². The molecule has 1 aliphatic carbocycles. The Balaban J connectivity index is 1.61. The fraction of sp³-hybridized carbons (Fsp3) is 0.250. The smallest absolute Gasteiger partial charge is 0.406 e.